The number of ether oxygens (including phenoxy) is 3. The van der Waals surface area contributed by atoms with E-state index in [0.717, 1.165) is 12.8 Å². The molecule has 0 aromatic carbocycles. The molecule has 0 spiro atoms. The molecule has 2 rings (SSSR count). The number of anilines is 1. The van der Waals surface area contributed by atoms with E-state index in [1.54, 1.807) is 20.4 Å². The average molecular weight is 369 g/mol. The third kappa shape index (κ3) is 5.18. The third-order valence-corrected chi connectivity index (χ3v) is 4.75. The highest BCUT2D eigenvalue weighted by Gasteiger charge is 2.39. The molecule has 1 fully saturated rings. The molecule has 1 aromatic rings. The molecule has 3 unspecified atom stereocenters. The van der Waals surface area contributed by atoms with Gasteiger partial charge in [0.1, 0.15) is 17.9 Å². The second-order valence-corrected chi connectivity index (χ2v) is 6.65. The molecule has 0 saturated carbocycles. The van der Waals surface area contributed by atoms with Gasteiger partial charge in [-0.1, -0.05) is 32.6 Å². The van der Waals surface area contributed by atoms with E-state index in [9.17, 15) is 9.59 Å². The van der Waals surface area contributed by atoms with Gasteiger partial charge in [-0.3, -0.25) is 14.3 Å². The Hall–Kier alpha value is -1.64. The number of unbranched alkanes of at least 4 members (excludes halogenated alkanes) is 4. The Morgan fingerprint density at radius 3 is 2.73 bits per heavy atom. The summed E-state index contributed by atoms with van der Waals surface area (Å²) in [5, 5.41) is 3.14. The highest BCUT2D eigenvalue weighted by Crippen LogP contribution is 2.26. The van der Waals surface area contributed by atoms with Gasteiger partial charge in [-0.25, -0.2) is 4.79 Å². The fourth-order valence-corrected chi connectivity index (χ4v) is 3.32. The normalized spacial score (nSPS) is 22.7. The van der Waals surface area contributed by atoms with Gasteiger partial charge in [-0.15, -0.1) is 0 Å². The van der Waals surface area contributed by atoms with Crippen molar-refractivity contribution in [1.29, 1.82) is 0 Å². The monoisotopic (exact) mass is 369 g/mol. The zero-order valence-electron chi connectivity index (χ0n) is 16.0. The van der Waals surface area contributed by atoms with Gasteiger partial charge < -0.3 is 19.5 Å². The van der Waals surface area contributed by atoms with Crippen molar-refractivity contribution < 1.29 is 14.2 Å². The van der Waals surface area contributed by atoms with Crippen molar-refractivity contribution in [1.82, 2.24) is 9.55 Å². The molecule has 1 aliphatic rings. The van der Waals surface area contributed by atoms with Crippen molar-refractivity contribution in [2.45, 2.75) is 57.3 Å². The second kappa shape index (κ2) is 10.5. The largest absolute Gasteiger partial charge is 0.382 e. The fourth-order valence-electron chi connectivity index (χ4n) is 3.32. The van der Waals surface area contributed by atoms with Crippen LogP contribution in [0.5, 0.6) is 0 Å². The van der Waals surface area contributed by atoms with Gasteiger partial charge in [-0.2, -0.15) is 0 Å². The van der Waals surface area contributed by atoms with Crippen molar-refractivity contribution in [3.63, 3.8) is 0 Å². The number of H-pyrrole nitrogens is 1. The fraction of sp³-hybridized carbons (Fsp3) is 0.778. The van der Waals surface area contributed by atoms with Crippen molar-refractivity contribution in [3.8, 4) is 0 Å². The number of nitrogens with zero attached hydrogens (tertiary/aromatic N) is 1. The lowest BCUT2D eigenvalue weighted by Crippen LogP contribution is -2.40. The van der Waals surface area contributed by atoms with E-state index >= 15 is 0 Å². The predicted octanol–water partition coefficient (Wildman–Crippen LogP) is 1.52. The summed E-state index contributed by atoms with van der Waals surface area (Å²) >= 11 is 0. The van der Waals surface area contributed by atoms with Crippen LogP contribution in [0.3, 0.4) is 0 Å². The number of aromatic amines is 1. The average Bonchev–Trinajstić information content (AvgIpc) is 3.02. The van der Waals surface area contributed by atoms with Gasteiger partial charge >= 0.3 is 5.69 Å². The molecule has 1 saturated heterocycles. The maximum absolute atomic E-state index is 12.3. The van der Waals surface area contributed by atoms with Crippen molar-refractivity contribution in [2.24, 2.45) is 0 Å². The van der Waals surface area contributed by atoms with Crippen LogP contribution in [0, 0.1) is 0 Å². The molecule has 0 amide bonds. The lowest BCUT2D eigenvalue weighted by molar-refractivity contribution is -0.0295. The van der Waals surface area contributed by atoms with Crippen LogP contribution in [0.15, 0.2) is 15.8 Å². The quantitative estimate of drug-likeness (QED) is 0.574. The molecule has 2 heterocycles. The van der Waals surface area contributed by atoms with Gasteiger partial charge in [0.15, 0.2) is 0 Å². The molecule has 0 radical (unpaired) electrons. The van der Waals surface area contributed by atoms with Crippen LogP contribution < -0.4 is 16.6 Å². The minimum atomic E-state index is -0.461. The molecule has 8 nitrogen and oxygen atoms in total. The zero-order valence-corrected chi connectivity index (χ0v) is 16.0. The first-order chi connectivity index (χ1) is 12.6. The lowest BCUT2D eigenvalue weighted by atomic mass is 10.1. The first kappa shape index (κ1) is 20.7. The molecule has 3 atom stereocenters. The van der Waals surface area contributed by atoms with E-state index in [-0.39, 0.29) is 18.2 Å². The molecule has 1 aromatic heterocycles. The Bertz CT molecular complexity index is 657. The van der Waals surface area contributed by atoms with Gasteiger partial charge in [-0.05, 0) is 6.42 Å². The number of methoxy groups -OCH3 is 2. The highest BCUT2D eigenvalue weighted by molar-refractivity contribution is 5.37. The van der Waals surface area contributed by atoms with E-state index in [2.05, 4.69) is 17.2 Å². The van der Waals surface area contributed by atoms with Crippen LogP contribution in [0.25, 0.3) is 0 Å². The van der Waals surface area contributed by atoms with Crippen molar-refractivity contribution >= 4 is 5.69 Å². The lowest BCUT2D eigenvalue weighted by Gasteiger charge is -2.22. The third-order valence-electron chi connectivity index (χ3n) is 4.75. The van der Waals surface area contributed by atoms with Gasteiger partial charge in [0.05, 0.1) is 19.3 Å². The van der Waals surface area contributed by atoms with E-state index in [0.29, 0.717) is 25.4 Å². The summed E-state index contributed by atoms with van der Waals surface area (Å²) in [6.07, 6.45) is 6.75. The zero-order chi connectivity index (χ0) is 18.9. The van der Waals surface area contributed by atoms with E-state index in [4.69, 9.17) is 14.2 Å². The second-order valence-electron chi connectivity index (χ2n) is 6.65. The van der Waals surface area contributed by atoms with E-state index < -0.39 is 11.2 Å². The van der Waals surface area contributed by atoms with E-state index in [1.807, 2.05) is 0 Å². The molecular weight excluding hydrogens is 338 g/mol. The summed E-state index contributed by atoms with van der Waals surface area (Å²) in [5.74, 6) is 0. The van der Waals surface area contributed by atoms with Crippen molar-refractivity contribution in [3.05, 3.63) is 27.0 Å². The van der Waals surface area contributed by atoms with E-state index in [1.165, 1.54) is 23.8 Å². The topological polar surface area (TPSA) is 94.6 Å². The summed E-state index contributed by atoms with van der Waals surface area (Å²) in [5.41, 5.74) is -0.469. The Morgan fingerprint density at radius 2 is 2.04 bits per heavy atom. The summed E-state index contributed by atoms with van der Waals surface area (Å²) < 4.78 is 17.9. The predicted molar refractivity (Wildman–Crippen MR) is 100 cm³/mol. The standard InChI is InChI=1S/C18H31N3O5/c1-4-5-6-7-8-9-19-13-10-21(18(23)20-17(13)22)14-11-26-15(12-24-2)16(14)25-3/h10,14-16,19H,4-9,11-12H2,1-3H3,(H,20,22,23). The maximum atomic E-state index is 12.3. The Morgan fingerprint density at radius 1 is 1.27 bits per heavy atom. The molecule has 1 aliphatic heterocycles. The number of aromatic nitrogens is 2. The van der Waals surface area contributed by atoms with Crippen LogP contribution in [-0.2, 0) is 14.2 Å². The van der Waals surface area contributed by atoms with Crippen LogP contribution >= 0.6 is 0 Å². The Kier molecular flexibility index (Phi) is 8.34. The van der Waals surface area contributed by atoms with Crippen LogP contribution in [0.4, 0.5) is 5.69 Å². The first-order valence-corrected chi connectivity index (χ1v) is 9.35. The van der Waals surface area contributed by atoms with Gasteiger partial charge in [0, 0.05) is 27.0 Å². The summed E-state index contributed by atoms with van der Waals surface area (Å²) in [6.45, 7) is 3.59. The van der Waals surface area contributed by atoms with Crippen LogP contribution in [0.1, 0.15) is 45.1 Å². The first-order valence-electron chi connectivity index (χ1n) is 9.35. The molecule has 148 valence electrons. The summed E-state index contributed by atoms with van der Waals surface area (Å²) in [4.78, 5) is 26.8. The molecule has 0 aliphatic carbocycles. The Labute approximate surface area is 153 Å². The summed E-state index contributed by atoms with van der Waals surface area (Å²) in [6, 6.07) is -0.311. The molecule has 0 bridgehead atoms. The number of rotatable bonds is 11. The number of hydrogen-bond acceptors (Lipinski definition) is 6. The maximum Gasteiger partial charge on any atom is 0.328 e. The molecule has 8 heteroatoms. The molecular formula is C18H31N3O5. The van der Waals surface area contributed by atoms with Crippen LogP contribution in [-0.4, -0.2) is 55.7 Å². The number of hydrogen-bond donors (Lipinski definition) is 2. The smallest absolute Gasteiger partial charge is 0.328 e. The van der Waals surface area contributed by atoms with Gasteiger partial charge in [0.25, 0.3) is 5.56 Å². The molecule has 26 heavy (non-hydrogen) atoms. The molecule has 2 N–H and O–H groups in total. The SMILES string of the molecule is CCCCCCCNc1cn(C2COC(COC)C2OC)c(=O)[nH]c1=O. The number of nitrogens with one attached hydrogen (secondary N) is 2. The van der Waals surface area contributed by atoms with Gasteiger partial charge in [0.2, 0.25) is 0 Å². The summed E-state index contributed by atoms with van der Waals surface area (Å²) in [7, 11) is 3.18. The highest BCUT2D eigenvalue weighted by atomic mass is 16.6. The minimum Gasteiger partial charge on any atom is -0.382 e. The Balaban J connectivity index is 2.07. The minimum absolute atomic E-state index is 0.246. The van der Waals surface area contributed by atoms with Crippen LogP contribution in [0.2, 0.25) is 0 Å². The van der Waals surface area contributed by atoms with Crippen molar-refractivity contribution in [2.75, 3.05) is 39.3 Å².